The number of methoxy groups -OCH3 is 1. The number of aliphatic hydroxyl groups excluding tert-OH is 1. The number of piperazine rings is 1. The average molecular weight is 668 g/mol. The van der Waals surface area contributed by atoms with Gasteiger partial charge in [-0.3, -0.25) is 9.69 Å². The van der Waals surface area contributed by atoms with Gasteiger partial charge < -0.3 is 30.7 Å². The SMILES string of the molecule is C=C1C(CC)CC(CCO)[C@H]1N1CCN(c2ccc(Nc3ncc(C(F)(F)F)c(Nc4c(C)cccc4C(=O)NC)n3)c(OC)c2)CC1. The van der Waals surface area contributed by atoms with Crippen molar-refractivity contribution in [2.24, 2.45) is 11.8 Å². The number of para-hydroxylation sites is 1. The van der Waals surface area contributed by atoms with Crippen molar-refractivity contribution in [3.05, 3.63) is 71.4 Å². The summed E-state index contributed by atoms with van der Waals surface area (Å²) in [6, 6.07) is 10.8. The fourth-order valence-corrected chi connectivity index (χ4v) is 6.97. The molecule has 0 radical (unpaired) electrons. The third-order valence-electron chi connectivity index (χ3n) is 9.52. The van der Waals surface area contributed by atoms with E-state index in [4.69, 9.17) is 4.74 Å². The molecule has 1 saturated carbocycles. The molecule has 10 nitrogen and oxygen atoms in total. The summed E-state index contributed by atoms with van der Waals surface area (Å²) in [7, 11) is 2.98. The molecule has 258 valence electrons. The highest BCUT2D eigenvalue weighted by atomic mass is 19.4. The van der Waals surface area contributed by atoms with Crippen LogP contribution in [0.4, 0.5) is 42.0 Å². The number of rotatable bonds is 11. The number of aliphatic hydroxyl groups is 1. The zero-order chi connectivity index (χ0) is 34.6. The Morgan fingerprint density at radius 1 is 1.15 bits per heavy atom. The second-order valence-corrected chi connectivity index (χ2v) is 12.3. The van der Waals surface area contributed by atoms with E-state index in [2.05, 4.69) is 49.2 Å². The van der Waals surface area contributed by atoms with Crippen molar-refractivity contribution >= 4 is 34.7 Å². The number of carbonyl (C=O) groups excluding carboxylic acids is 1. The van der Waals surface area contributed by atoms with Gasteiger partial charge >= 0.3 is 6.18 Å². The number of carbonyl (C=O) groups is 1. The van der Waals surface area contributed by atoms with E-state index in [0.29, 0.717) is 35.0 Å². The Morgan fingerprint density at radius 2 is 1.90 bits per heavy atom. The minimum absolute atomic E-state index is 0.0835. The Kier molecular flexibility index (Phi) is 10.8. The zero-order valence-corrected chi connectivity index (χ0v) is 27.8. The number of aromatic nitrogens is 2. The average Bonchev–Trinajstić information content (AvgIpc) is 3.39. The summed E-state index contributed by atoms with van der Waals surface area (Å²) in [4.78, 5) is 25.4. The summed E-state index contributed by atoms with van der Waals surface area (Å²) in [6.45, 7) is 11.9. The van der Waals surface area contributed by atoms with Crippen LogP contribution in [0.5, 0.6) is 5.75 Å². The zero-order valence-electron chi connectivity index (χ0n) is 27.8. The molecule has 13 heteroatoms. The van der Waals surface area contributed by atoms with E-state index in [1.807, 2.05) is 12.1 Å². The van der Waals surface area contributed by atoms with Gasteiger partial charge in [0.2, 0.25) is 5.95 Å². The van der Waals surface area contributed by atoms with Crippen LogP contribution in [0.2, 0.25) is 0 Å². The van der Waals surface area contributed by atoms with Crippen LogP contribution in [0.3, 0.4) is 0 Å². The number of ether oxygens (including phenoxy) is 1. The molecule has 2 aromatic carbocycles. The molecule has 5 rings (SSSR count). The monoisotopic (exact) mass is 667 g/mol. The van der Waals surface area contributed by atoms with Crippen molar-refractivity contribution in [3.8, 4) is 5.75 Å². The summed E-state index contributed by atoms with van der Waals surface area (Å²) in [6.07, 6.45) is -1.10. The van der Waals surface area contributed by atoms with Crippen LogP contribution in [0.1, 0.15) is 47.7 Å². The third-order valence-corrected chi connectivity index (χ3v) is 9.52. The molecule has 1 aliphatic heterocycles. The van der Waals surface area contributed by atoms with E-state index in [0.717, 1.165) is 51.1 Å². The first kappa shape index (κ1) is 35.0. The van der Waals surface area contributed by atoms with E-state index in [1.54, 1.807) is 25.1 Å². The lowest BCUT2D eigenvalue weighted by atomic mass is 9.96. The topological polar surface area (TPSA) is 115 Å². The lowest BCUT2D eigenvalue weighted by molar-refractivity contribution is -0.137. The molecule has 48 heavy (non-hydrogen) atoms. The first-order valence-corrected chi connectivity index (χ1v) is 16.3. The van der Waals surface area contributed by atoms with Gasteiger partial charge in [-0.15, -0.1) is 0 Å². The number of anilines is 5. The normalized spacial score (nSPS) is 20.1. The molecule has 1 aliphatic carbocycles. The van der Waals surface area contributed by atoms with Gasteiger partial charge in [-0.1, -0.05) is 31.2 Å². The van der Waals surface area contributed by atoms with Gasteiger partial charge in [0, 0.05) is 63.8 Å². The predicted octanol–water partition coefficient (Wildman–Crippen LogP) is 6.13. The maximum absolute atomic E-state index is 14.0. The minimum Gasteiger partial charge on any atom is -0.494 e. The molecule has 1 aromatic heterocycles. The first-order chi connectivity index (χ1) is 23.0. The fraction of sp³-hybridized carbons (Fsp3) is 0.457. The Balaban J connectivity index is 1.34. The molecule has 0 spiro atoms. The lowest BCUT2D eigenvalue weighted by Crippen LogP contribution is -2.52. The summed E-state index contributed by atoms with van der Waals surface area (Å²) in [5.74, 6) is 0.364. The van der Waals surface area contributed by atoms with Crippen molar-refractivity contribution in [2.75, 3.05) is 62.5 Å². The molecule has 2 unspecified atom stereocenters. The van der Waals surface area contributed by atoms with E-state index in [1.165, 1.54) is 25.8 Å². The fourth-order valence-electron chi connectivity index (χ4n) is 6.97. The number of amides is 1. The van der Waals surface area contributed by atoms with Gasteiger partial charge in [0.05, 0.1) is 24.0 Å². The first-order valence-electron chi connectivity index (χ1n) is 16.3. The molecular weight excluding hydrogens is 623 g/mol. The number of halogens is 3. The van der Waals surface area contributed by atoms with E-state index >= 15 is 0 Å². The maximum Gasteiger partial charge on any atom is 0.421 e. The molecule has 2 heterocycles. The van der Waals surface area contributed by atoms with Gasteiger partial charge in [0.1, 0.15) is 17.1 Å². The van der Waals surface area contributed by atoms with E-state index in [9.17, 15) is 23.1 Å². The van der Waals surface area contributed by atoms with Crippen LogP contribution in [-0.2, 0) is 6.18 Å². The van der Waals surface area contributed by atoms with Crippen LogP contribution in [-0.4, -0.2) is 78.9 Å². The summed E-state index contributed by atoms with van der Waals surface area (Å²) < 4.78 is 47.8. The Labute approximate surface area is 279 Å². The van der Waals surface area contributed by atoms with Crippen LogP contribution < -0.4 is 25.6 Å². The largest absolute Gasteiger partial charge is 0.494 e. The second-order valence-electron chi connectivity index (χ2n) is 12.3. The molecule has 2 fully saturated rings. The number of hydrogen-bond acceptors (Lipinski definition) is 9. The molecule has 3 aromatic rings. The smallest absolute Gasteiger partial charge is 0.421 e. The minimum atomic E-state index is -4.75. The highest BCUT2D eigenvalue weighted by molar-refractivity contribution is 6.00. The summed E-state index contributed by atoms with van der Waals surface area (Å²) in [5.41, 5.74) is 2.61. The lowest BCUT2D eigenvalue weighted by Gasteiger charge is -2.41. The molecule has 3 atom stereocenters. The van der Waals surface area contributed by atoms with Crippen LogP contribution >= 0.6 is 0 Å². The highest BCUT2D eigenvalue weighted by Crippen LogP contribution is 2.42. The molecule has 4 N–H and O–H groups in total. The highest BCUT2D eigenvalue weighted by Gasteiger charge is 2.40. The molecular formula is C35H44F3N7O3. The van der Waals surface area contributed by atoms with Gasteiger partial charge in [-0.05, 0) is 61.8 Å². The van der Waals surface area contributed by atoms with Crippen molar-refractivity contribution in [2.45, 2.75) is 45.3 Å². The third kappa shape index (κ3) is 7.36. The number of hydrogen-bond donors (Lipinski definition) is 4. The van der Waals surface area contributed by atoms with Crippen molar-refractivity contribution in [3.63, 3.8) is 0 Å². The van der Waals surface area contributed by atoms with Gasteiger partial charge in [-0.25, -0.2) is 4.98 Å². The van der Waals surface area contributed by atoms with Gasteiger partial charge in [0.25, 0.3) is 5.91 Å². The molecule has 0 bridgehead atoms. The molecule has 1 saturated heterocycles. The van der Waals surface area contributed by atoms with Crippen LogP contribution in [0, 0.1) is 18.8 Å². The number of benzene rings is 2. The number of aryl methyl sites for hydroxylation is 1. The molecule has 1 amide bonds. The van der Waals surface area contributed by atoms with Crippen molar-refractivity contribution in [1.82, 2.24) is 20.2 Å². The van der Waals surface area contributed by atoms with Crippen molar-refractivity contribution in [1.29, 1.82) is 0 Å². The Morgan fingerprint density at radius 3 is 2.54 bits per heavy atom. The predicted molar refractivity (Wildman–Crippen MR) is 181 cm³/mol. The van der Waals surface area contributed by atoms with Crippen LogP contribution in [0.15, 0.2) is 54.7 Å². The Hall–Kier alpha value is -4.36. The second kappa shape index (κ2) is 14.8. The molecule has 2 aliphatic rings. The quantitative estimate of drug-likeness (QED) is 0.179. The van der Waals surface area contributed by atoms with Gasteiger partial charge in [-0.2, -0.15) is 18.2 Å². The Bertz CT molecular complexity index is 1630. The van der Waals surface area contributed by atoms with Gasteiger partial charge in [0.15, 0.2) is 0 Å². The summed E-state index contributed by atoms with van der Waals surface area (Å²) >= 11 is 0. The number of alkyl halides is 3. The van der Waals surface area contributed by atoms with E-state index < -0.39 is 23.5 Å². The number of nitrogens with one attached hydrogen (secondary N) is 3. The van der Waals surface area contributed by atoms with E-state index in [-0.39, 0.29) is 29.8 Å². The number of nitrogens with zero attached hydrogens (tertiary/aromatic N) is 4. The van der Waals surface area contributed by atoms with Crippen molar-refractivity contribution < 1.29 is 27.8 Å². The maximum atomic E-state index is 14.0. The summed E-state index contributed by atoms with van der Waals surface area (Å²) in [5, 5.41) is 17.9. The standard InChI is InChI=1S/C35H44F3N7O3/c1-6-23-18-24(12-17-46)31(22(23)3)45-15-13-44(14-16-45)25-10-11-28(29(19-25)48-5)41-34-40-20-27(35(36,37)38)32(43-34)42-30-21(2)8-7-9-26(30)33(47)39-4/h7-11,19-20,23-24,31,46H,3,6,12-18H2,1-2,4-5H3,(H,39,47)(H2,40,41,42,43)/t23?,24?,31-/m0/s1. The van der Waals surface area contributed by atoms with Crippen LogP contribution in [0.25, 0.3) is 0 Å².